The number of aliphatic hydroxyl groups excluding tert-OH is 4. The summed E-state index contributed by atoms with van der Waals surface area (Å²) < 4.78 is 0. The predicted octanol–water partition coefficient (Wildman–Crippen LogP) is -2.98. The SMILES string of the molecule is CC(=O)NC[C@H]1[C@H](O)[C@H](O)[C@@H]2[C@H](O)C[C@H](CO)N21. The molecule has 7 heteroatoms. The number of hydrogen-bond donors (Lipinski definition) is 5. The van der Waals surface area contributed by atoms with E-state index in [-0.39, 0.29) is 25.1 Å². The highest BCUT2D eigenvalue weighted by Crippen LogP contribution is 2.37. The third kappa shape index (κ3) is 2.12. The Bertz CT molecular complexity index is 327. The number of amides is 1. The molecule has 2 heterocycles. The van der Waals surface area contributed by atoms with Crippen LogP contribution >= 0.6 is 0 Å². The fraction of sp³-hybridized carbons (Fsp3) is 0.909. The molecule has 6 atom stereocenters. The number of rotatable bonds is 3. The summed E-state index contributed by atoms with van der Waals surface area (Å²) in [7, 11) is 0. The summed E-state index contributed by atoms with van der Waals surface area (Å²) in [6.45, 7) is 1.41. The second-order valence-corrected chi connectivity index (χ2v) is 5.06. The third-order valence-corrected chi connectivity index (χ3v) is 3.92. The lowest BCUT2D eigenvalue weighted by Gasteiger charge is -2.29. The molecule has 0 saturated carbocycles. The van der Waals surface area contributed by atoms with E-state index in [4.69, 9.17) is 0 Å². The molecule has 0 aromatic rings. The van der Waals surface area contributed by atoms with Gasteiger partial charge in [0, 0.05) is 19.5 Å². The van der Waals surface area contributed by atoms with Crippen LogP contribution in [0.2, 0.25) is 0 Å². The van der Waals surface area contributed by atoms with Crippen LogP contribution < -0.4 is 5.32 Å². The minimum atomic E-state index is -1.06. The van der Waals surface area contributed by atoms with Gasteiger partial charge in [-0.3, -0.25) is 9.69 Å². The third-order valence-electron chi connectivity index (χ3n) is 3.92. The van der Waals surface area contributed by atoms with Crippen molar-refractivity contribution in [1.29, 1.82) is 0 Å². The van der Waals surface area contributed by atoms with E-state index in [0.29, 0.717) is 6.42 Å². The smallest absolute Gasteiger partial charge is 0.216 e. The summed E-state index contributed by atoms with van der Waals surface area (Å²) in [6, 6.07) is -1.35. The first-order chi connectivity index (χ1) is 8.47. The first-order valence-corrected chi connectivity index (χ1v) is 6.14. The van der Waals surface area contributed by atoms with Crippen LogP contribution in [0, 0.1) is 0 Å². The maximum atomic E-state index is 10.9. The van der Waals surface area contributed by atoms with Crippen molar-refractivity contribution in [2.45, 2.75) is 49.8 Å². The Morgan fingerprint density at radius 1 is 1.33 bits per heavy atom. The summed E-state index contributed by atoms with van der Waals surface area (Å²) >= 11 is 0. The summed E-state index contributed by atoms with van der Waals surface area (Å²) in [4.78, 5) is 12.7. The Morgan fingerprint density at radius 3 is 2.56 bits per heavy atom. The van der Waals surface area contributed by atoms with Gasteiger partial charge in [0.15, 0.2) is 0 Å². The van der Waals surface area contributed by atoms with Gasteiger partial charge < -0.3 is 25.7 Å². The Kier molecular flexibility index (Phi) is 3.88. The molecule has 2 saturated heterocycles. The van der Waals surface area contributed by atoms with Crippen molar-refractivity contribution in [3.8, 4) is 0 Å². The number of hydrogen-bond acceptors (Lipinski definition) is 6. The lowest BCUT2D eigenvalue weighted by Crippen LogP contribution is -2.49. The van der Waals surface area contributed by atoms with E-state index >= 15 is 0 Å². The molecule has 0 bridgehead atoms. The summed E-state index contributed by atoms with van der Waals surface area (Å²) in [5, 5.41) is 41.7. The van der Waals surface area contributed by atoms with Gasteiger partial charge >= 0.3 is 0 Å². The maximum Gasteiger partial charge on any atom is 0.216 e. The summed E-state index contributed by atoms with van der Waals surface area (Å²) in [5.41, 5.74) is 0. The van der Waals surface area contributed by atoms with Gasteiger partial charge in [-0.2, -0.15) is 0 Å². The van der Waals surface area contributed by atoms with Gasteiger partial charge in [0.1, 0.15) is 0 Å². The molecule has 0 aliphatic carbocycles. The van der Waals surface area contributed by atoms with Crippen LogP contribution in [0.15, 0.2) is 0 Å². The fourth-order valence-electron chi connectivity index (χ4n) is 3.13. The first kappa shape index (κ1) is 13.7. The highest BCUT2D eigenvalue weighted by molar-refractivity contribution is 5.72. The average molecular weight is 260 g/mol. The van der Waals surface area contributed by atoms with Gasteiger partial charge in [-0.25, -0.2) is 0 Å². The van der Waals surface area contributed by atoms with Gasteiger partial charge in [0.25, 0.3) is 0 Å². The van der Waals surface area contributed by atoms with Crippen molar-refractivity contribution in [3.63, 3.8) is 0 Å². The lowest BCUT2D eigenvalue weighted by molar-refractivity contribution is -0.119. The standard InChI is InChI=1S/C11H20N2O5/c1-5(15)12-3-7-10(17)11(18)9-8(16)2-6(4-14)13(7)9/h6-11,14,16-18H,2-4H2,1H3,(H,12,15)/t6-,7+,8-,9+,10+,11-/m1/s1. The highest BCUT2D eigenvalue weighted by atomic mass is 16.3. The number of aliphatic hydroxyl groups is 4. The molecule has 0 aromatic carbocycles. The van der Waals surface area contributed by atoms with Crippen LogP contribution in [-0.4, -0.2) is 80.8 Å². The zero-order chi connectivity index (χ0) is 13.4. The van der Waals surface area contributed by atoms with Gasteiger partial charge in [0.05, 0.1) is 37.0 Å². The molecular weight excluding hydrogens is 240 g/mol. The zero-order valence-corrected chi connectivity index (χ0v) is 10.2. The molecule has 2 aliphatic rings. The van der Waals surface area contributed by atoms with Gasteiger partial charge in [-0.1, -0.05) is 0 Å². The fourth-order valence-corrected chi connectivity index (χ4v) is 3.13. The summed E-state index contributed by atoms with van der Waals surface area (Å²) in [6.07, 6.45) is -2.50. The van der Waals surface area contributed by atoms with E-state index in [1.165, 1.54) is 6.92 Å². The van der Waals surface area contributed by atoms with Crippen molar-refractivity contribution in [3.05, 3.63) is 0 Å². The normalized spacial score (nSPS) is 44.1. The van der Waals surface area contributed by atoms with E-state index < -0.39 is 30.4 Å². The predicted molar refractivity (Wildman–Crippen MR) is 61.6 cm³/mol. The molecular formula is C11H20N2O5. The van der Waals surface area contributed by atoms with Crippen molar-refractivity contribution >= 4 is 5.91 Å². The maximum absolute atomic E-state index is 10.9. The van der Waals surface area contributed by atoms with Crippen LogP contribution in [-0.2, 0) is 4.79 Å². The van der Waals surface area contributed by atoms with Crippen LogP contribution in [0.1, 0.15) is 13.3 Å². The molecule has 1 amide bonds. The minimum Gasteiger partial charge on any atom is -0.395 e. The van der Waals surface area contributed by atoms with E-state index in [1.807, 2.05) is 0 Å². The quantitative estimate of drug-likeness (QED) is 0.370. The molecule has 104 valence electrons. The van der Waals surface area contributed by atoms with Gasteiger partial charge in [-0.15, -0.1) is 0 Å². The topological polar surface area (TPSA) is 113 Å². The Labute approximate surface area is 105 Å². The Balaban J connectivity index is 2.15. The van der Waals surface area contributed by atoms with Crippen molar-refractivity contribution < 1.29 is 25.2 Å². The molecule has 0 spiro atoms. The largest absolute Gasteiger partial charge is 0.395 e. The zero-order valence-electron chi connectivity index (χ0n) is 10.2. The Hall–Kier alpha value is -0.730. The highest BCUT2D eigenvalue weighted by Gasteiger charge is 2.56. The van der Waals surface area contributed by atoms with Crippen LogP contribution in [0.3, 0.4) is 0 Å². The van der Waals surface area contributed by atoms with Gasteiger partial charge in [-0.05, 0) is 6.42 Å². The molecule has 0 unspecified atom stereocenters. The number of carbonyl (C=O) groups is 1. The van der Waals surface area contributed by atoms with E-state index in [2.05, 4.69) is 5.32 Å². The van der Waals surface area contributed by atoms with Crippen molar-refractivity contribution in [1.82, 2.24) is 10.2 Å². The van der Waals surface area contributed by atoms with Crippen molar-refractivity contribution in [2.75, 3.05) is 13.2 Å². The average Bonchev–Trinajstić information content (AvgIpc) is 2.76. The summed E-state index contributed by atoms with van der Waals surface area (Å²) in [5.74, 6) is -0.222. The Morgan fingerprint density at radius 2 is 2.00 bits per heavy atom. The molecule has 0 aromatic heterocycles. The monoisotopic (exact) mass is 260 g/mol. The minimum absolute atomic E-state index is 0.149. The number of nitrogens with zero attached hydrogens (tertiary/aromatic N) is 1. The van der Waals surface area contributed by atoms with E-state index in [1.54, 1.807) is 4.90 Å². The lowest BCUT2D eigenvalue weighted by atomic mass is 10.0. The van der Waals surface area contributed by atoms with Gasteiger partial charge in [0.2, 0.25) is 5.91 Å². The number of nitrogens with one attached hydrogen (secondary N) is 1. The first-order valence-electron chi connectivity index (χ1n) is 6.14. The number of fused-ring (bicyclic) bond motifs is 1. The van der Waals surface area contributed by atoms with Crippen LogP contribution in [0.5, 0.6) is 0 Å². The molecule has 18 heavy (non-hydrogen) atoms. The molecule has 7 nitrogen and oxygen atoms in total. The van der Waals surface area contributed by atoms with Crippen LogP contribution in [0.25, 0.3) is 0 Å². The molecule has 2 fully saturated rings. The molecule has 2 rings (SSSR count). The van der Waals surface area contributed by atoms with Crippen molar-refractivity contribution in [2.24, 2.45) is 0 Å². The molecule has 2 aliphatic heterocycles. The van der Waals surface area contributed by atoms with E-state index in [9.17, 15) is 25.2 Å². The second-order valence-electron chi connectivity index (χ2n) is 5.06. The van der Waals surface area contributed by atoms with E-state index in [0.717, 1.165) is 0 Å². The van der Waals surface area contributed by atoms with Crippen LogP contribution in [0.4, 0.5) is 0 Å². The molecule has 0 radical (unpaired) electrons. The molecule has 5 N–H and O–H groups in total. The number of carbonyl (C=O) groups excluding carboxylic acids is 1. The second kappa shape index (κ2) is 5.10.